The summed E-state index contributed by atoms with van der Waals surface area (Å²) in [5, 5.41) is 8.52. The number of thioether (sulfide) groups is 1. The Hall–Kier alpha value is -2.64. The Kier molecular flexibility index (Phi) is 5.97. The molecule has 1 aliphatic rings. The third-order valence-electron chi connectivity index (χ3n) is 4.68. The molecule has 0 fully saturated rings. The number of nitrogens with one attached hydrogen (secondary N) is 2. The van der Waals surface area contributed by atoms with Gasteiger partial charge in [-0.2, -0.15) is 0 Å². The van der Waals surface area contributed by atoms with Crippen molar-refractivity contribution in [2.75, 3.05) is 11.9 Å². The molecule has 2 aromatic carbocycles. The van der Waals surface area contributed by atoms with E-state index in [1.807, 2.05) is 31.2 Å². The lowest BCUT2D eigenvalue weighted by Gasteiger charge is -2.23. The number of thiazole rings is 1. The normalized spacial score (nSPS) is 15.5. The summed E-state index contributed by atoms with van der Waals surface area (Å²) in [5.41, 5.74) is 4.06. The zero-order valence-electron chi connectivity index (χ0n) is 16.0. The zero-order valence-corrected chi connectivity index (χ0v) is 17.6. The van der Waals surface area contributed by atoms with Crippen molar-refractivity contribution in [1.82, 2.24) is 10.3 Å². The third kappa shape index (κ3) is 4.86. The minimum atomic E-state index is -0.397. The molecule has 7 heteroatoms. The van der Waals surface area contributed by atoms with Gasteiger partial charge in [0.2, 0.25) is 11.8 Å². The van der Waals surface area contributed by atoms with Crippen molar-refractivity contribution in [2.45, 2.75) is 29.9 Å². The van der Waals surface area contributed by atoms with Crippen molar-refractivity contribution in [3.63, 3.8) is 0 Å². The van der Waals surface area contributed by atoms with Crippen LogP contribution in [0.2, 0.25) is 0 Å². The molecule has 148 valence electrons. The van der Waals surface area contributed by atoms with E-state index in [1.165, 1.54) is 11.8 Å². The van der Waals surface area contributed by atoms with E-state index in [0.29, 0.717) is 6.54 Å². The topological polar surface area (TPSA) is 71.1 Å². The molecular weight excluding hydrogens is 402 g/mol. The van der Waals surface area contributed by atoms with Crippen LogP contribution in [0.5, 0.6) is 0 Å². The van der Waals surface area contributed by atoms with Gasteiger partial charge in [0.15, 0.2) is 0 Å². The van der Waals surface area contributed by atoms with Gasteiger partial charge in [0.25, 0.3) is 0 Å². The highest BCUT2D eigenvalue weighted by Gasteiger charge is 2.28. The lowest BCUT2D eigenvalue weighted by atomic mass is 10.1. The molecule has 2 amide bonds. The van der Waals surface area contributed by atoms with Gasteiger partial charge in [0.1, 0.15) is 0 Å². The van der Waals surface area contributed by atoms with Crippen LogP contribution in [0.25, 0.3) is 11.3 Å². The van der Waals surface area contributed by atoms with Crippen molar-refractivity contribution < 1.29 is 9.59 Å². The van der Waals surface area contributed by atoms with Gasteiger partial charge in [-0.1, -0.05) is 36.4 Å². The number of anilines is 1. The van der Waals surface area contributed by atoms with E-state index < -0.39 is 5.25 Å². The molecule has 0 radical (unpaired) electrons. The highest BCUT2D eigenvalue weighted by molar-refractivity contribution is 8.01. The van der Waals surface area contributed by atoms with Crippen molar-refractivity contribution >= 4 is 40.6 Å². The van der Waals surface area contributed by atoms with Gasteiger partial charge in [0, 0.05) is 28.8 Å². The smallest absolute Gasteiger partial charge is 0.238 e. The number of carbonyl (C=O) groups is 2. The van der Waals surface area contributed by atoms with E-state index in [0.717, 1.165) is 38.8 Å². The fraction of sp³-hybridized carbons (Fsp3) is 0.227. The van der Waals surface area contributed by atoms with Crippen LogP contribution in [-0.4, -0.2) is 28.6 Å². The van der Waals surface area contributed by atoms with Crippen LogP contribution in [0.3, 0.4) is 0 Å². The van der Waals surface area contributed by atoms with Crippen LogP contribution in [0.4, 0.5) is 5.69 Å². The van der Waals surface area contributed by atoms with Crippen LogP contribution >= 0.6 is 23.1 Å². The molecule has 0 bridgehead atoms. The molecule has 0 saturated heterocycles. The summed E-state index contributed by atoms with van der Waals surface area (Å²) in [6.07, 6.45) is 0.919. The first-order valence-electron chi connectivity index (χ1n) is 9.43. The summed E-state index contributed by atoms with van der Waals surface area (Å²) in [6.45, 7) is 2.54. The number of para-hydroxylation sites is 1. The van der Waals surface area contributed by atoms with E-state index >= 15 is 0 Å². The van der Waals surface area contributed by atoms with E-state index in [4.69, 9.17) is 0 Å². The molecule has 3 aromatic rings. The first kappa shape index (κ1) is 19.7. The number of rotatable bonds is 6. The molecule has 0 aliphatic carbocycles. The summed E-state index contributed by atoms with van der Waals surface area (Å²) in [5.74, 6) is -0.219. The molecule has 29 heavy (non-hydrogen) atoms. The largest absolute Gasteiger partial charge is 0.356 e. The quantitative estimate of drug-likeness (QED) is 0.621. The molecule has 1 unspecified atom stereocenters. The molecule has 1 aliphatic heterocycles. The number of aryl methyl sites for hydroxylation is 1. The van der Waals surface area contributed by atoms with Gasteiger partial charge in [-0.25, -0.2) is 4.98 Å². The first-order valence-corrected chi connectivity index (χ1v) is 11.2. The molecule has 5 nitrogen and oxygen atoms in total. The summed E-state index contributed by atoms with van der Waals surface area (Å²) in [4.78, 5) is 30.0. The molecule has 0 saturated carbocycles. The van der Waals surface area contributed by atoms with Crippen LogP contribution in [0.1, 0.15) is 17.0 Å². The van der Waals surface area contributed by atoms with Gasteiger partial charge in [-0.3, -0.25) is 9.59 Å². The average molecular weight is 424 g/mol. The SMILES string of the molecule is Cc1nc(-c2ccc(CCNC(=O)CC3Sc4ccccc4NC3=O)cc2)cs1. The lowest BCUT2D eigenvalue weighted by molar-refractivity contribution is -0.124. The Morgan fingerprint density at radius 1 is 1.17 bits per heavy atom. The number of hydrogen-bond acceptors (Lipinski definition) is 5. The van der Waals surface area contributed by atoms with Crippen LogP contribution in [0.15, 0.2) is 58.8 Å². The van der Waals surface area contributed by atoms with Crippen LogP contribution in [0, 0.1) is 6.92 Å². The summed E-state index contributed by atoms with van der Waals surface area (Å²) in [6, 6.07) is 15.9. The number of aromatic nitrogens is 1. The van der Waals surface area contributed by atoms with Crippen LogP contribution in [-0.2, 0) is 16.0 Å². The zero-order chi connectivity index (χ0) is 20.2. The maximum atomic E-state index is 12.3. The molecule has 0 spiro atoms. The molecule has 4 rings (SSSR count). The van der Waals surface area contributed by atoms with Gasteiger partial charge < -0.3 is 10.6 Å². The summed E-state index contributed by atoms with van der Waals surface area (Å²) in [7, 11) is 0. The van der Waals surface area contributed by atoms with Gasteiger partial charge in [0.05, 0.1) is 21.6 Å². The maximum Gasteiger partial charge on any atom is 0.238 e. The summed E-state index contributed by atoms with van der Waals surface area (Å²) < 4.78 is 0. The fourth-order valence-corrected chi connectivity index (χ4v) is 4.88. The molecule has 2 N–H and O–H groups in total. The van der Waals surface area contributed by atoms with Crippen molar-refractivity contribution in [3.8, 4) is 11.3 Å². The predicted octanol–water partition coefficient (Wildman–Crippen LogP) is 4.28. The van der Waals surface area contributed by atoms with Crippen molar-refractivity contribution in [2.24, 2.45) is 0 Å². The lowest BCUT2D eigenvalue weighted by Crippen LogP contribution is -2.35. The van der Waals surface area contributed by atoms with E-state index in [1.54, 1.807) is 11.3 Å². The standard InChI is InChI=1S/C22H21N3O2S2/c1-14-24-18(13-28-14)16-8-6-15(7-9-16)10-11-23-21(26)12-20-22(27)25-17-4-2-3-5-19(17)29-20/h2-9,13,20H,10-12H2,1H3,(H,23,26)(H,25,27). The van der Waals surface area contributed by atoms with Crippen molar-refractivity contribution in [1.29, 1.82) is 0 Å². The van der Waals surface area contributed by atoms with Crippen molar-refractivity contribution in [3.05, 3.63) is 64.5 Å². The van der Waals surface area contributed by atoms with E-state index in [-0.39, 0.29) is 18.2 Å². The predicted molar refractivity (Wildman–Crippen MR) is 118 cm³/mol. The van der Waals surface area contributed by atoms with Crippen LogP contribution < -0.4 is 10.6 Å². The highest BCUT2D eigenvalue weighted by atomic mass is 32.2. The van der Waals surface area contributed by atoms with Gasteiger partial charge in [-0.15, -0.1) is 23.1 Å². The Labute approximate surface area is 178 Å². The number of hydrogen-bond donors (Lipinski definition) is 2. The molecule has 2 heterocycles. The number of carbonyl (C=O) groups excluding carboxylic acids is 2. The Morgan fingerprint density at radius 2 is 1.97 bits per heavy atom. The number of nitrogens with zero attached hydrogens (tertiary/aromatic N) is 1. The number of benzene rings is 2. The Morgan fingerprint density at radius 3 is 2.72 bits per heavy atom. The highest BCUT2D eigenvalue weighted by Crippen LogP contribution is 2.36. The minimum Gasteiger partial charge on any atom is -0.356 e. The second-order valence-corrected chi connectivity index (χ2v) is 9.15. The van der Waals surface area contributed by atoms with E-state index in [2.05, 4.69) is 45.3 Å². The second kappa shape index (κ2) is 8.80. The average Bonchev–Trinajstić information content (AvgIpc) is 3.15. The second-order valence-electron chi connectivity index (χ2n) is 6.84. The number of fused-ring (bicyclic) bond motifs is 1. The Bertz CT molecular complexity index is 1030. The number of amides is 2. The van der Waals surface area contributed by atoms with Gasteiger partial charge in [-0.05, 0) is 31.0 Å². The first-order chi connectivity index (χ1) is 14.1. The maximum absolute atomic E-state index is 12.3. The molecule has 1 aromatic heterocycles. The fourth-order valence-electron chi connectivity index (χ4n) is 3.15. The molecule has 1 atom stereocenters. The van der Waals surface area contributed by atoms with Gasteiger partial charge >= 0.3 is 0 Å². The Balaban J connectivity index is 1.25. The minimum absolute atomic E-state index is 0.105. The summed E-state index contributed by atoms with van der Waals surface area (Å²) >= 11 is 3.09. The molecular formula is C22H21N3O2S2. The third-order valence-corrected chi connectivity index (χ3v) is 6.73. The van der Waals surface area contributed by atoms with E-state index in [9.17, 15) is 9.59 Å². The monoisotopic (exact) mass is 423 g/mol.